The summed E-state index contributed by atoms with van der Waals surface area (Å²) in [4.78, 5) is 5.33. The second-order valence-electron chi connectivity index (χ2n) is 4.08. The highest BCUT2D eigenvalue weighted by molar-refractivity contribution is 7.89. The van der Waals surface area contributed by atoms with Crippen LogP contribution in [0.3, 0.4) is 0 Å². The van der Waals surface area contributed by atoms with E-state index in [-0.39, 0.29) is 11.8 Å². The molecule has 1 atom stereocenters. The molecule has 0 amide bonds. The van der Waals surface area contributed by atoms with Gasteiger partial charge in [0.25, 0.3) is 0 Å². The molecule has 0 bridgehead atoms. The number of thiazole rings is 1. The molecule has 0 radical (unpaired) electrons. The molecule has 0 aliphatic heterocycles. The molecule has 1 aromatic rings. The first-order valence-electron chi connectivity index (χ1n) is 5.38. The summed E-state index contributed by atoms with van der Waals surface area (Å²) in [6.45, 7) is 4.42. The molecule has 0 aliphatic rings. The number of aromatic nitrogens is 1. The quantitative estimate of drug-likeness (QED) is 0.842. The fraction of sp³-hybridized carbons (Fsp3) is 0.700. The zero-order chi connectivity index (χ0) is 13.1. The van der Waals surface area contributed by atoms with Crippen LogP contribution in [0.25, 0.3) is 0 Å². The van der Waals surface area contributed by atoms with Crippen molar-refractivity contribution in [2.75, 3.05) is 26.4 Å². The van der Waals surface area contributed by atoms with Crippen LogP contribution >= 0.6 is 11.3 Å². The van der Waals surface area contributed by atoms with E-state index < -0.39 is 10.0 Å². The molecule has 1 aromatic heterocycles. The second-order valence-corrected chi connectivity index (χ2v) is 7.26. The van der Waals surface area contributed by atoms with Crippen molar-refractivity contribution in [2.45, 2.75) is 19.9 Å². The van der Waals surface area contributed by atoms with E-state index in [1.54, 1.807) is 30.9 Å². The Morgan fingerprint density at radius 2 is 2.18 bits per heavy atom. The summed E-state index contributed by atoms with van der Waals surface area (Å²) >= 11 is 1.59. The van der Waals surface area contributed by atoms with Gasteiger partial charge in [-0.2, -0.15) is 0 Å². The Morgan fingerprint density at radius 1 is 1.53 bits per heavy atom. The monoisotopic (exact) mass is 277 g/mol. The van der Waals surface area contributed by atoms with Crippen molar-refractivity contribution >= 4 is 21.4 Å². The zero-order valence-corrected chi connectivity index (χ0v) is 12.2. The van der Waals surface area contributed by atoms with E-state index >= 15 is 0 Å². The van der Waals surface area contributed by atoms with Crippen LogP contribution in [0.5, 0.6) is 0 Å². The van der Waals surface area contributed by atoms with Crippen LogP contribution in [0.4, 0.5) is 0 Å². The lowest BCUT2D eigenvalue weighted by molar-refractivity contribution is 0.513. The molecule has 0 aliphatic carbocycles. The summed E-state index contributed by atoms with van der Waals surface area (Å²) in [7, 11) is -0.0188. The van der Waals surface area contributed by atoms with Gasteiger partial charge < -0.3 is 5.32 Å². The van der Waals surface area contributed by atoms with Gasteiger partial charge in [-0.3, -0.25) is 0 Å². The van der Waals surface area contributed by atoms with Crippen molar-refractivity contribution in [3.8, 4) is 0 Å². The van der Waals surface area contributed by atoms with E-state index in [1.807, 2.05) is 13.8 Å². The zero-order valence-electron chi connectivity index (χ0n) is 10.6. The van der Waals surface area contributed by atoms with E-state index in [9.17, 15) is 8.42 Å². The summed E-state index contributed by atoms with van der Waals surface area (Å²) in [6, 6.07) is 0.139. The minimum atomic E-state index is -3.11. The second kappa shape index (κ2) is 5.90. The predicted octanol–water partition coefficient (Wildman–Crippen LogP) is 0.994. The van der Waals surface area contributed by atoms with Gasteiger partial charge in [0.05, 0.1) is 17.0 Å². The van der Waals surface area contributed by atoms with Crippen molar-refractivity contribution < 1.29 is 8.42 Å². The van der Waals surface area contributed by atoms with Crippen LogP contribution in [-0.2, 0) is 10.0 Å². The third-order valence-electron chi connectivity index (χ3n) is 2.54. The number of aryl methyl sites for hydroxylation is 1. The molecule has 1 heterocycles. The first-order valence-corrected chi connectivity index (χ1v) is 7.87. The largest absolute Gasteiger partial charge is 0.308 e. The van der Waals surface area contributed by atoms with Crippen LogP contribution in [0, 0.1) is 6.92 Å². The number of nitrogens with zero attached hydrogens (tertiary/aromatic N) is 2. The highest BCUT2D eigenvalue weighted by Gasteiger charge is 2.15. The van der Waals surface area contributed by atoms with Crippen LogP contribution in [0.15, 0.2) is 5.51 Å². The Hall–Kier alpha value is -0.500. The lowest BCUT2D eigenvalue weighted by atomic mass is 10.2. The van der Waals surface area contributed by atoms with E-state index in [0.717, 1.165) is 10.6 Å². The Bertz CT molecular complexity index is 454. The SMILES string of the molecule is Cc1ncsc1C(C)NCCS(=O)(=O)N(C)C. The average Bonchev–Trinajstić information content (AvgIpc) is 2.63. The Labute approximate surface area is 107 Å². The molecule has 17 heavy (non-hydrogen) atoms. The normalized spacial score (nSPS) is 14.2. The van der Waals surface area contributed by atoms with Crippen LogP contribution in [-0.4, -0.2) is 44.1 Å². The molecule has 0 saturated heterocycles. The molecule has 7 heteroatoms. The summed E-state index contributed by atoms with van der Waals surface area (Å²) in [5, 5.41) is 3.20. The standard InChI is InChI=1S/C10H19N3O2S2/c1-8(10-9(2)12-7-16-10)11-5-6-17(14,15)13(3)4/h7-8,11H,5-6H2,1-4H3. The maximum absolute atomic E-state index is 11.5. The average molecular weight is 277 g/mol. The van der Waals surface area contributed by atoms with Gasteiger partial charge in [0, 0.05) is 31.6 Å². The van der Waals surface area contributed by atoms with E-state index in [4.69, 9.17) is 0 Å². The molecule has 0 saturated carbocycles. The molecule has 0 spiro atoms. The maximum Gasteiger partial charge on any atom is 0.214 e. The summed E-state index contributed by atoms with van der Waals surface area (Å²) in [5.41, 5.74) is 2.81. The molecule has 1 rings (SSSR count). The third-order valence-corrected chi connectivity index (χ3v) is 5.49. The predicted molar refractivity (Wildman–Crippen MR) is 70.7 cm³/mol. The van der Waals surface area contributed by atoms with Crippen molar-refractivity contribution in [1.82, 2.24) is 14.6 Å². The van der Waals surface area contributed by atoms with Crippen molar-refractivity contribution in [2.24, 2.45) is 0 Å². The van der Waals surface area contributed by atoms with Gasteiger partial charge in [-0.15, -0.1) is 11.3 Å². The lowest BCUT2D eigenvalue weighted by Crippen LogP contribution is -2.32. The molecule has 1 unspecified atom stereocenters. The van der Waals surface area contributed by atoms with Crippen molar-refractivity contribution in [1.29, 1.82) is 0 Å². The molecule has 0 fully saturated rings. The number of hydrogen-bond donors (Lipinski definition) is 1. The number of nitrogens with one attached hydrogen (secondary N) is 1. The highest BCUT2D eigenvalue weighted by Crippen LogP contribution is 2.20. The molecule has 5 nitrogen and oxygen atoms in total. The Balaban J connectivity index is 2.45. The third kappa shape index (κ3) is 4.02. The van der Waals surface area contributed by atoms with Gasteiger partial charge in [-0.1, -0.05) is 0 Å². The molecular weight excluding hydrogens is 258 g/mol. The van der Waals surface area contributed by atoms with Gasteiger partial charge in [0.15, 0.2) is 0 Å². The minimum absolute atomic E-state index is 0.113. The van der Waals surface area contributed by atoms with Crippen LogP contribution in [0.2, 0.25) is 0 Å². The Morgan fingerprint density at radius 3 is 2.65 bits per heavy atom. The molecule has 1 N–H and O–H groups in total. The number of sulfonamides is 1. The smallest absolute Gasteiger partial charge is 0.214 e. The van der Waals surface area contributed by atoms with Crippen molar-refractivity contribution in [3.63, 3.8) is 0 Å². The first-order chi connectivity index (χ1) is 7.84. The van der Waals surface area contributed by atoms with Gasteiger partial charge in [0.1, 0.15) is 0 Å². The summed E-state index contributed by atoms with van der Waals surface area (Å²) < 4.78 is 24.3. The fourth-order valence-electron chi connectivity index (χ4n) is 1.41. The topological polar surface area (TPSA) is 62.3 Å². The summed E-state index contributed by atoms with van der Waals surface area (Å²) in [5.74, 6) is 0.113. The highest BCUT2D eigenvalue weighted by atomic mass is 32.2. The van der Waals surface area contributed by atoms with Gasteiger partial charge >= 0.3 is 0 Å². The summed E-state index contributed by atoms with van der Waals surface area (Å²) in [6.07, 6.45) is 0. The maximum atomic E-state index is 11.5. The van der Waals surface area contributed by atoms with Gasteiger partial charge in [-0.25, -0.2) is 17.7 Å². The van der Waals surface area contributed by atoms with E-state index in [1.165, 1.54) is 4.31 Å². The van der Waals surface area contributed by atoms with Crippen LogP contribution < -0.4 is 5.32 Å². The molecular formula is C10H19N3O2S2. The first kappa shape index (κ1) is 14.6. The van der Waals surface area contributed by atoms with E-state index in [0.29, 0.717) is 6.54 Å². The van der Waals surface area contributed by atoms with Crippen LogP contribution in [0.1, 0.15) is 23.5 Å². The molecule has 98 valence electrons. The Kier molecular flexibility index (Phi) is 5.05. The van der Waals surface area contributed by atoms with Gasteiger partial charge in [0.2, 0.25) is 10.0 Å². The minimum Gasteiger partial charge on any atom is -0.308 e. The number of hydrogen-bond acceptors (Lipinski definition) is 5. The molecule has 0 aromatic carbocycles. The van der Waals surface area contributed by atoms with Gasteiger partial charge in [-0.05, 0) is 13.8 Å². The fourth-order valence-corrected chi connectivity index (χ4v) is 2.98. The van der Waals surface area contributed by atoms with E-state index in [2.05, 4.69) is 10.3 Å². The number of rotatable bonds is 6. The lowest BCUT2D eigenvalue weighted by Gasteiger charge is -2.15. The van der Waals surface area contributed by atoms with Crippen molar-refractivity contribution in [3.05, 3.63) is 16.1 Å².